The van der Waals surface area contributed by atoms with E-state index in [0.29, 0.717) is 13.0 Å². The van der Waals surface area contributed by atoms with Gasteiger partial charge in [0.25, 0.3) is 0 Å². The van der Waals surface area contributed by atoms with Crippen LogP contribution in [0.4, 0.5) is 11.6 Å². The second-order valence-electron chi connectivity index (χ2n) is 4.71. The van der Waals surface area contributed by atoms with E-state index in [1.165, 1.54) is 0 Å². The van der Waals surface area contributed by atoms with E-state index < -0.39 is 0 Å². The Bertz CT molecular complexity index is 379. The van der Waals surface area contributed by atoms with Crippen LogP contribution in [-0.4, -0.2) is 48.5 Å². The summed E-state index contributed by atoms with van der Waals surface area (Å²) in [5, 5.41) is 15.3. The van der Waals surface area contributed by atoms with Gasteiger partial charge < -0.3 is 20.5 Å². The molecule has 0 saturated carbocycles. The third-order valence-corrected chi connectivity index (χ3v) is 2.71. The van der Waals surface area contributed by atoms with Crippen LogP contribution in [0.2, 0.25) is 0 Å². The Hall–Kier alpha value is -1.40. The minimum Gasteiger partial charge on any atom is -0.396 e. The SMILES string of the molecule is CNc1cc(NC(CCO)COC)nc(C(C)C)n1. The molecule has 0 amide bonds. The van der Waals surface area contributed by atoms with Crippen LogP contribution < -0.4 is 10.6 Å². The largest absolute Gasteiger partial charge is 0.396 e. The molecule has 0 aliphatic carbocycles. The van der Waals surface area contributed by atoms with Crippen LogP contribution in [-0.2, 0) is 4.74 Å². The molecule has 3 N–H and O–H groups in total. The van der Waals surface area contributed by atoms with E-state index >= 15 is 0 Å². The minimum absolute atomic E-state index is 0.0367. The van der Waals surface area contributed by atoms with Crippen molar-refractivity contribution in [3.63, 3.8) is 0 Å². The maximum absolute atomic E-state index is 9.04. The Balaban J connectivity index is 2.88. The predicted molar refractivity (Wildman–Crippen MR) is 76.7 cm³/mol. The maximum atomic E-state index is 9.04. The molecule has 1 aromatic rings. The van der Waals surface area contributed by atoms with E-state index in [2.05, 4.69) is 34.4 Å². The van der Waals surface area contributed by atoms with Crippen molar-refractivity contribution in [3.05, 3.63) is 11.9 Å². The molecule has 0 aliphatic rings. The molecule has 0 fully saturated rings. The van der Waals surface area contributed by atoms with Gasteiger partial charge in [-0.25, -0.2) is 9.97 Å². The minimum atomic E-state index is 0.0367. The van der Waals surface area contributed by atoms with Crippen LogP contribution in [0.25, 0.3) is 0 Å². The summed E-state index contributed by atoms with van der Waals surface area (Å²) in [6, 6.07) is 1.89. The molecule has 0 radical (unpaired) electrons. The number of hydrogen-bond acceptors (Lipinski definition) is 6. The van der Waals surface area contributed by atoms with E-state index in [-0.39, 0.29) is 18.6 Å². The van der Waals surface area contributed by atoms with Crippen LogP contribution in [0.1, 0.15) is 32.0 Å². The van der Waals surface area contributed by atoms with Gasteiger partial charge in [-0.1, -0.05) is 13.8 Å². The first-order valence-corrected chi connectivity index (χ1v) is 6.53. The Morgan fingerprint density at radius 3 is 2.53 bits per heavy atom. The van der Waals surface area contributed by atoms with Crippen molar-refractivity contribution in [2.75, 3.05) is 38.0 Å². The molecule has 0 bridgehead atoms. The zero-order chi connectivity index (χ0) is 14.3. The van der Waals surface area contributed by atoms with Gasteiger partial charge >= 0.3 is 0 Å². The summed E-state index contributed by atoms with van der Waals surface area (Å²) in [6.45, 7) is 4.75. The summed E-state index contributed by atoms with van der Waals surface area (Å²) in [5.74, 6) is 2.57. The fourth-order valence-corrected chi connectivity index (χ4v) is 1.69. The number of nitrogens with zero attached hydrogens (tertiary/aromatic N) is 2. The van der Waals surface area contributed by atoms with Gasteiger partial charge in [0.15, 0.2) is 0 Å². The monoisotopic (exact) mass is 268 g/mol. The van der Waals surface area contributed by atoms with Gasteiger partial charge in [-0.3, -0.25) is 0 Å². The van der Waals surface area contributed by atoms with Crippen molar-refractivity contribution >= 4 is 11.6 Å². The fourth-order valence-electron chi connectivity index (χ4n) is 1.69. The average molecular weight is 268 g/mol. The highest BCUT2D eigenvalue weighted by atomic mass is 16.5. The molecular formula is C13H24N4O2. The number of nitrogens with one attached hydrogen (secondary N) is 2. The first-order chi connectivity index (χ1) is 9.10. The van der Waals surface area contributed by atoms with Crippen molar-refractivity contribution in [3.8, 4) is 0 Å². The van der Waals surface area contributed by atoms with Gasteiger partial charge in [-0.15, -0.1) is 0 Å². The first kappa shape index (κ1) is 15.7. The molecule has 108 valence electrons. The van der Waals surface area contributed by atoms with Crippen molar-refractivity contribution in [2.45, 2.75) is 32.2 Å². The van der Waals surface area contributed by atoms with E-state index in [1.54, 1.807) is 7.11 Å². The van der Waals surface area contributed by atoms with Gasteiger partial charge in [-0.05, 0) is 6.42 Å². The number of aliphatic hydroxyl groups excluding tert-OH is 1. The van der Waals surface area contributed by atoms with Crippen LogP contribution in [0, 0.1) is 0 Å². The lowest BCUT2D eigenvalue weighted by atomic mass is 10.2. The van der Waals surface area contributed by atoms with Crippen molar-refractivity contribution < 1.29 is 9.84 Å². The summed E-state index contributed by atoms with van der Waals surface area (Å²) < 4.78 is 5.13. The van der Waals surface area contributed by atoms with E-state index in [1.807, 2.05) is 13.1 Å². The van der Waals surface area contributed by atoms with Crippen LogP contribution in [0.5, 0.6) is 0 Å². The molecule has 1 aromatic heterocycles. The van der Waals surface area contributed by atoms with Crippen molar-refractivity contribution in [1.29, 1.82) is 0 Å². The molecule has 1 heterocycles. The zero-order valence-corrected chi connectivity index (χ0v) is 12.1. The second-order valence-corrected chi connectivity index (χ2v) is 4.71. The highest BCUT2D eigenvalue weighted by Crippen LogP contribution is 2.17. The predicted octanol–water partition coefficient (Wildman–Crippen LogP) is 1.45. The van der Waals surface area contributed by atoms with Crippen LogP contribution in [0.15, 0.2) is 6.07 Å². The summed E-state index contributed by atoms with van der Waals surface area (Å²) in [4.78, 5) is 8.89. The third-order valence-electron chi connectivity index (χ3n) is 2.71. The number of hydrogen-bond donors (Lipinski definition) is 3. The summed E-state index contributed by atoms with van der Waals surface area (Å²) in [5.41, 5.74) is 0. The van der Waals surface area contributed by atoms with Crippen molar-refractivity contribution in [2.24, 2.45) is 0 Å². The highest BCUT2D eigenvalue weighted by molar-refractivity contribution is 5.48. The second kappa shape index (κ2) is 7.91. The Morgan fingerprint density at radius 2 is 2.00 bits per heavy atom. The van der Waals surface area contributed by atoms with Crippen LogP contribution >= 0.6 is 0 Å². The van der Waals surface area contributed by atoms with E-state index in [9.17, 15) is 0 Å². The number of anilines is 2. The molecule has 0 spiro atoms. The first-order valence-electron chi connectivity index (χ1n) is 6.53. The zero-order valence-electron chi connectivity index (χ0n) is 12.1. The van der Waals surface area contributed by atoms with Gasteiger partial charge in [0.05, 0.1) is 12.6 Å². The number of rotatable bonds is 8. The molecule has 1 atom stereocenters. The number of methoxy groups -OCH3 is 1. The van der Waals surface area contributed by atoms with Gasteiger partial charge in [0, 0.05) is 32.7 Å². The Kier molecular flexibility index (Phi) is 6.52. The molecule has 6 heteroatoms. The van der Waals surface area contributed by atoms with Gasteiger partial charge in [0.2, 0.25) is 0 Å². The normalized spacial score (nSPS) is 12.5. The smallest absolute Gasteiger partial charge is 0.135 e. The quantitative estimate of drug-likeness (QED) is 0.662. The van der Waals surface area contributed by atoms with Gasteiger partial charge in [-0.2, -0.15) is 0 Å². The van der Waals surface area contributed by atoms with E-state index in [0.717, 1.165) is 17.5 Å². The fraction of sp³-hybridized carbons (Fsp3) is 0.692. The number of aliphatic hydroxyl groups is 1. The van der Waals surface area contributed by atoms with E-state index in [4.69, 9.17) is 9.84 Å². The molecule has 0 aliphatic heterocycles. The number of aromatic nitrogens is 2. The molecule has 0 aromatic carbocycles. The molecular weight excluding hydrogens is 244 g/mol. The maximum Gasteiger partial charge on any atom is 0.135 e. The summed E-state index contributed by atoms with van der Waals surface area (Å²) >= 11 is 0. The number of ether oxygens (including phenoxy) is 1. The average Bonchev–Trinajstić information content (AvgIpc) is 2.38. The standard InChI is InChI=1S/C13H24N4O2/c1-9(2)13-16-11(14-3)7-12(17-13)15-10(5-6-18)8-19-4/h7,9-10,18H,5-6,8H2,1-4H3,(H2,14,15,16,17). The molecule has 19 heavy (non-hydrogen) atoms. The van der Waals surface area contributed by atoms with Gasteiger partial charge in [0.1, 0.15) is 17.5 Å². The highest BCUT2D eigenvalue weighted by Gasteiger charge is 2.12. The molecule has 6 nitrogen and oxygen atoms in total. The van der Waals surface area contributed by atoms with Crippen LogP contribution in [0.3, 0.4) is 0 Å². The van der Waals surface area contributed by atoms with Crippen molar-refractivity contribution in [1.82, 2.24) is 9.97 Å². The Labute approximate surface area is 114 Å². The molecule has 1 rings (SSSR count). The Morgan fingerprint density at radius 1 is 1.32 bits per heavy atom. The lowest BCUT2D eigenvalue weighted by Crippen LogP contribution is -2.27. The lowest BCUT2D eigenvalue weighted by molar-refractivity contribution is 0.170. The molecule has 0 saturated heterocycles. The summed E-state index contributed by atoms with van der Waals surface area (Å²) in [6.07, 6.45) is 0.615. The third kappa shape index (κ3) is 5.00. The summed E-state index contributed by atoms with van der Waals surface area (Å²) in [7, 11) is 3.47. The molecule has 1 unspecified atom stereocenters. The lowest BCUT2D eigenvalue weighted by Gasteiger charge is -2.18. The topological polar surface area (TPSA) is 79.3 Å².